The molecule has 19 heavy (non-hydrogen) atoms. The second-order valence-electron chi connectivity index (χ2n) is 4.38. The lowest BCUT2D eigenvalue weighted by atomic mass is 10.1. The maximum atomic E-state index is 5.79. The third kappa shape index (κ3) is 4.37. The van der Waals surface area contributed by atoms with Crippen molar-refractivity contribution in [2.24, 2.45) is 5.73 Å². The summed E-state index contributed by atoms with van der Waals surface area (Å²) in [6, 6.07) is 16.4. The summed E-state index contributed by atoms with van der Waals surface area (Å²) in [5.74, 6) is 0.905. The lowest BCUT2D eigenvalue weighted by Gasteiger charge is -2.09. The van der Waals surface area contributed by atoms with Crippen LogP contribution >= 0.6 is 15.9 Å². The Balaban J connectivity index is 1.91. The summed E-state index contributed by atoms with van der Waals surface area (Å²) in [4.78, 5) is 0. The van der Waals surface area contributed by atoms with Crippen molar-refractivity contribution in [1.29, 1.82) is 0 Å². The summed E-state index contributed by atoms with van der Waals surface area (Å²) in [6.45, 7) is 1.33. The molecule has 100 valence electrons. The minimum Gasteiger partial charge on any atom is -0.493 e. The van der Waals surface area contributed by atoms with Gasteiger partial charge in [0.1, 0.15) is 5.75 Å². The predicted molar refractivity (Wildman–Crippen MR) is 82.5 cm³/mol. The van der Waals surface area contributed by atoms with Gasteiger partial charge in [-0.25, -0.2) is 0 Å². The van der Waals surface area contributed by atoms with Gasteiger partial charge >= 0.3 is 0 Å². The van der Waals surface area contributed by atoms with Crippen molar-refractivity contribution in [3.8, 4) is 5.75 Å². The lowest BCUT2D eigenvalue weighted by Crippen LogP contribution is -2.05. The van der Waals surface area contributed by atoms with Crippen LogP contribution in [0.4, 0.5) is 0 Å². The molecule has 2 rings (SSSR count). The highest BCUT2D eigenvalue weighted by Crippen LogP contribution is 2.23. The van der Waals surface area contributed by atoms with E-state index in [0.717, 1.165) is 23.1 Å². The van der Waals surface area contributed by atoms with Gasteiger partial charge < -0.3 is 10.5 Å². The molecule has 0 aliphatic rings. The molecule has 0 saturated carbocycles. The Labute approximate surface area is 122 Å². The van der Waals surface area contributed by atoms with Gasteiger partial charge in [-0.05, 0) is 42.3 Å². The van der Waals surface area contributed by atoms with Gasteiger partial charge in [-0.1, -0.05) is 46.3 Å². The predicted octanol–water partition coefficient (Wildman–Crippen LogP) is 3.57. The number of hydrogen-bond donors (Lipinski definition) is 1. The van der Waals surface area contributed by atoms with Gasteiger partial charge in [0.25, 0.3) is 0 Å². The fourth-order valence-corrected chi connectivity index (χ4v) is 2.36. The number of benzene rings is 2. The largest absolute Gasteiger partial charge is 0.493 e. The van der Waals surface area contributed by atoms with E-state index in [0.29, 0.717) is 13.2 Å². The summed E-state index contributed by atoms with van der Waals surface area (Å²) < 4.78 is 6.88. The molecule has 0 unspecified atom stereocenters. The number of hydrogen-bond acceptors (Lipinski definition) is 2. The molecule has 0 aromatic heterocycles. The van der Waals surface area contributed by atoms with Crippen LogP contribution in [0.3, 0.4) is 0 Å². The molecule has 0 spiro atoms. The van der Waals surface area contributed by atoms with Gasteiger partial charge in [0.05, 0.1) is 6.61 Å². The van der Waals surface area contributed by atoms with Crippen molar-refractivity contribution in [1.82, 2.24) is 0 Å². The zero-order chi connectivity index (χ0) is 13.5. The molecule has 0 atom stereocenters. The van der Waals surface area contributed by atoms with Crippen molar-refractivity contribution in [2.75, 3.05) is 13.2 Å². The van der Waals surface area contributed by atoms with Gasteiger partial charge in [0, 0.05) is 10.9 Å². The molecular formula is C16H18BrNO. The lowest BCUT2D eigenvalue weighted by molar-refractivity contribution is 0.321. The smallest absolute Gasteiger partial charge is 0.119 e. The third-order valence-corrected chi connectivity index (χ3v) is 3.71. The Morgan fingerprint density at radius 2 is 1.79 bits per heavy atom. The zero-order valence-corrected chi connectivity index (χ0v) is 12.4. The standard InChI is InChI=1S/C16H18BrNO/c17-16-7-6-15(12-14(16)8-10-18)19-11-9-13-4-2-1-3-5-13/h1-7,12H,8-11,18H2. The zero-order valence-electron chi connectivity index (χ0n) is 10.8. The van der Waals surface area contributed by atoms with E-state index in [9.17, 15) is 0 Å². The third-order valence-electron chi connectivity index (χ3n) is 2.93. The van der Waals surface area contributed by atoms with Crippen molar-refractivity contribution in [2.45, 2.75) is 12.8 Å². The van der Waals surface area contributed by atoms with Crippen molar-refractivity contribution < 1.29 is 4.74 Å². The summed E-state index contributed by atoms with van der Waals surface area (Å²) in [7, 11) is 0. The van der Waals surface area contributed by atoms with Crippen LogP contribution in [0.2, 0.25) is 0 Å². The van der Waals surface area contributed by atoms with E-state index in [4.69, 9.17) is 10.5 Å². The van der Waals surface area contributed by atoms with Crippen molar-refractivity contribution >= 4 is 15.9 Å². The molecule has 0 saturated heterocycles. The number of nitrogens with two attached hydrogens (primary N) is 1. The molecule has 0 amide bonds. The van der Waals surface area contributed by atoms with Crippen LogP contribution in [0.25, 0.3) is 0 Å². The second-order valence-corrected chi connectivity index (χ2v) is 5.23. The van der Waals surface area contributed by atoms with Crippen LogP contribution in [0.5, 0.6) is 5.75 Å². The van der Waals surface area contributed by atoms with Crippen LogP contribution in [0.15, 0.2) is 53.0 Å². The first-order valence-electron chi connectivity index (χ1n) is 6.45. The van der Waals surface area contributed by atoms with E-state index >= 15 is 0 Å². The summed E-state index contributed by atoms with van der Waals surface area (Å²) in [5, 5.41) is 0. The molecule has 0 radical (unpaired) electrons. The first-order valence-corrected chi connectivity index (χ1v) is 7.24. The van der Waals surface area contributed by atoms with Crippen molar-refractivity contribution in [3.05, 3.63) is 64.1 Å². The number of rotatable bonds is 6. The van der Waals surface area contributed by atoms with E-state index in [1.807, 2.05) is 30.3 Å². The molecule has 2 N–H and O–H groups in total. The molecule has 0 heterocycles. The minimum absolute atomic E-state index is 0.645. The topological polar surface area (TPSA) is 35.2 Å². The van der Waals surface area contributed by atoms with Gasteiger partial charge in [0.15, 0.2) is 0 Å². The fourth-order valence-electron chi connectivity index (χ4n) is 1.92. The van der Waals surface area contributed by atoms with Crippen LogP contribution < -0.4 is 10.5 Å². The molecule has 0 fully saturated rings. The Morgan fingerprint density at radius 3 is 2.53 bits per heavy atom. The summed E-state index contributed by atoms with van der Waals surface area (Å²) in [5.41, 5.74) is 8.08. The Hall–Kier alpha value is -1.32. The molecule has 0 aliphatic carbocycles. The average Bonchev–Trinajstić information content (AvgIpc) is 2.44. The van der Waals surface area contributed by atoms with E-state index in [1.54, 1.807) is 0 Å². The number of ether oxygens (including phenoxy) is 1. The maximum absolute atomic E-state index is 5.79. The maximum Gasteiger partial charge on any atom is 0.119 e. The van der Waals surface area contributed by atoms with Gasteiger partial charge in [-0.2, -0.15) is 0 Å². The second kappa shape index (κ2) is 7.31. The Kier molecular flexibility index (Phi) is 5.43. The molecule has 3 heteroatoms. The minimum atomic E-state index is 0.645. The summed E-state index contributed by atoms with van der Waals surface area (Å²) >= 11 is 3.53. The van der Waals surface area contributed by atoms with E-state index in [2.05, 4.69) is 34.1 Å². The SMILES string of the molecule is NCCc1cc(OCCc2ccccc2)ccc1Br. The highest BCUT2D eigenvalue weighted by molar-refractivity contribution is 9.10. The number of halogens is 1. The average molecular weight is 320 g/mol. The normalized spacial score (nSPS) is 10.4. The highest BCUT2D eigenvalue weighted by atomic mass is 79.9. The molecule has 2 aromatic carbocycles. The molecule has 0 aliphatic heterocycles. The monoisotopic (exact) mass is 319 g/mol. The van der Waals surface area contributed by atoms with E-state index < -0.39 is 0 Å². The highest BCUT2D eigenvalue weighted by Gasteiger charge is 2.02. The Morgan fingerprint density at radius 1 is 1.00 bits per heavy atom. The van der Waals surface area contributed by atoms with E-state index in [1.165, 1.54) is 11.1 Å². The van der Waals surface area contributed by atoms with Gasteiger partial charge in [-0.3, -0.25) is 0 Å². The van der Waals surface area contributed by atoms with Crippen LogP contribution in [0.1, 0.15) is 11.1 Å². The first kappa shape index (κ1) is 14.1. The van der Waals surface area contributed by atoms with Crippen molar-refractivity contribution in [3.63, 3.8) is 0 Å². The molecule has 2 aromatic rings. The van der Waals surface area contributed by atoms with Gasteiger partial charge in [0.2, 0.25) is 0 Å². The van der Waals surface area contributed by atoms with Crippen LogP contribution in [-0.4, -0.2) is 13.2 Å². The van der Waals surface area contributed by atoms with Crippen LogP contribution in [0, 0.1) is 0 Å². The van der Waals surface area contributed by atoms with Gasteiger partial charge in [-0.15, -0.1) is 0 Å². The molecular weight excluding hydrogens is 302 g/mol. The quantitative estimate of drug-likeness (QED) is 0.883. The fraction of sp³-hybridized carbons (Fsp3) is 0.250. The molecule has 0 bridgehead atoms. The Bertz CT molecular complexity index is 513. The summed E-state index contributed by atoms with van der Waals surface area (Å²) in [6.07, 6.45) is 1.78. The first-order chi connectivity index (χ1) is 9.29. The van der Waals surface area contributed by atoms with Crippen LogP contribution in [-0.2, 0) is 12.8 Å². The molecule has 2 nitrogen and oxygen atoms in total. The van der Waals surface area contributed by atoms with E-state index in [-0.39, 0.29) is 0 Å².